The molecule has 24 heavy (non-hydrogen) atoms. The van der Waals surface area contributed by atoms with Crippen LogP contribution in [0.3, 0.4) is 0 Å². The van der Waals surface area contributed by atoms with Crippen molar-refractivity contribution in [3.63, 3.8) is 0 Å². The van der Waals surface area contributed by atoms with Crippen LogP contribution in [0.2, 0.25) is 0 Å². The maximum Gasteiger partial charge on any atom is 0.252 e. The third-order valence-electron chi connectivity index (χ3n) is 4.21. The van der Waals surface area contributed by atoms with Crippen LogP contribution in [0.25, 0.3) is 0 Å². The largest absolute Gasteiger partial charge is 0.351 e. The van der Waals surface area contributed by atoms with Crippen LogP contribution in [0, 0.1) is 9.49 Å². The number of nitrogens with one attached hydrogen (secondary N) is 2. The minimum Gasteiger partial charge on any atom is -0.351 e. The Morgan fingerprint density at radius 1 is 1.38 bits per heavy atom. The van der Waals surface area contributed by atoms with Gasteiger partial charge in [0.15, 0.2) is 0 Å². The number of halogens is 1. The average molecular weight is 443 g/mol. The molecule has 0 radical (unpaired) electrons. The summed E-state index contributed by atoms with van der Waals surface area (Å²) in [5.41, 5.74) is 0.598. The van der Waals surface area contributed by atoms with E-state index in [9.17, 15) is 9.59 Å². The Morgan fingerprint density at radius 2 is 2.12 bits per heavy atom. The van der Waals surface area contributed by atoms with Crippen LogP contribution >= 0.6 is 22.6 Å². The maximum atomic E-state index is 12.1. The summed E-state index contributed by atoms with van der Waals surface area (Å²) >= 11 is 2.12. The first-order valence-corrected chi connectivity index (χ1v) is 9.58. The van der Waals surface area contributed by atoms with E-state index in [1.165, 1.54) is 12.8 Å². The number of amides is 2. The number of likely N-dealkylation sites (tertiary alicyclic amines) is 1. The Bertz CT molecular complexity index is 579. The van der Waals surface area contributed by atoms with Crippen LogP contribution in [0.1, 0.15) is 37.0 Å². The SMILES string of the molecule is CC1CCCN(CC(C)NC(=O)CNC(=O)c2ccccc2I)C1. The van der Waals surface area contributed by atoms with Crippen molar-refractivity contribution in [2.45, 2.75) is 32.7 Å². The van der Waals surface area contributed by atoms with Crippen LogP contribution < -0.4 is 10.6 Å². The number of hydrogen-bond donors (Lipinski definition) is 2. The highest BCUT2D eigenvalue weighted by atomic mass is 127. The quantitative estimate of drug-likeness (QED) is 0.664. The molecule has 1 heterocycles. The summed E-state index contributed by atoms with van der Waals surface area (Å²) < 4.78 is 0.876. The van der Waals surface area contributed by atoms with E-state index >= 15 is 0 Å². The number of benzene rings is 1. The van der Waals surface area contributed by atoms with Gasteiger partial charge in [0, 0.05) is 22.7 Å². The van der Waals surface area contributed by atoms with Gasteiger partial charge in [0.2, 0.25) is 5.91 Å². The highest BCUT2D eigenvalue weighted by Gasteiger charge is 2.19. The number of hydrogen-bond acceptors (Lipinski definition) is 3. The summed E-state index contributed by atoms with van der Waals surface area (Å²) in [5, 5.41) is 5.65. The average Bonchev–Trinajstić information content (AvgIpc) is 2.53. The van der Waals surface area contributed by atoms with E-state index < -0.39 is 0 Å². The lowest BCUT2D eigenvalue weighted by Crippen LogP contribution is -2.47. The zero-order valence-electron chi connectivity index (χ0n) is 14.3. The van der Waals surface area contributed by atoms with Gasteiger partial charge in [0.1, 0.15) is 0 Å². The molecule has 0 saturated carbocycles. The molecule has 2 unspecified atom stereocenters. The van der Waals surface area contributed by atoms with Crippen molar-refractivity contribution >= 4 is 34.4 Å². The summed E-state index contributed by atoms with van der Waals surface area (Å²) in [5.74, 6) is 0.369. The van der Waals surface area contributed by atoms with Crippen molar-refractivity contribution in [1.29, 1.82) is 0 Å². The Hall–Kier alpha value is -1.15. The van der Waals surface area contributed by atoms with Gasteiger partial charge in [-0.3, -0.25) is 9.59 Å². The van der Waals surface area contributed by atoms with Gasteiger partial charge < -0.3 is 15.5 Å². The maximum absolute atomic E-state index is 12.1. The molecule has 0 bridgehead atoms. The Morgan fingerprint density at radius 3 is 2.83 bits per heavy atom. The fraction of sp³-hybridized carbons (Fsp3) is 0.556. The van der Waals surface area contributed by atoms with Crippen LogP contribution in [-0.4, -0.2) is 48.9 Å². The summed E-state index contributed by atoms with van der Waals surface area (Å²) in [6.45, 7) is 7.36. The molecule has 1 aliphatic heterocycles. The van der Waals surface area contributed by atoms with Gasteiger partial charge >= 0.3 is 0 Å². The fourth-order valence-corrected chi connectivity index (χ4v) is 3.74. The number of carbonyl (C=O) groups is 2. The third kappa shape index (κ3) is 6.05. The first kappa shape index (κ1) is 19.2. The molecule has 0 aliphatic carbocycles. The van der Waals surface area contributed by atoms with E-state index in [2.05, 4.69) is 45.0 Å². The lowest BCUT2D eigenvalue weighted by molar-refractivity contribution is -0.120. The van der Waals surface area contributed by atoms with E-state index in [-0.39, 0.29) is 24.4 Å². The molecule has 132 valence electrons. The van der Waals surface area contributed by atoms with Crippen LogP contribution in [0.15, 0.2) is 24.3 Å². The van der Waals surface area contributed by atoms with Crippen molar-refractivity contribution in [2.24, 2.45) is 5.92 Å². The first-order chi connectivity index (χ1) is 11.5. The molecule has 6 heteroatoms. The molecule has 0 aromatic heterocycles. The minimum atomic E-state index is -0.215. The smallest absolute Gasteiger partial charge is 0.252 e. The third-order valence-corrected chi connectivity index (χ3v) is 5.15. The molecule has 1 saturated heterocycles. The molecule has 2 N–H and O–H groups in total. The van der Waals surface area contributed by atoms with Gasteiger partial charge in [-0.05, 0) is 67.0 Å². The van der Waals surface area contributed by atoms with Crippen LogP contribution in [-0.2, 0) is 4.79 Å². The molecule has 2 atom stereocenters. The molecule has 5 nitrogen and oxygen atoms in total. The summed E-state index contributed by atoms with van der Waals surface area (Å²) in [4.78, 5) is 26.5. The topological polar surface area (TPSA) is 61.4 Å². The summed E-state index contributed by atoms with van der Waals surface area (Å²) in [6.07, 6.45) is 2.52. The minimum absolute atomic E-state index is 0.00451. The number of nitrogens with zero attached hydrogens (tertiary/aromatic N) is 1. The number of rotatable bonds is 6. The zero-order valence-corrected chi connectivity index (χ0v) is 16.5. The van der Waals surface area contributed by atoms with Crippen molar-refractivity contribution < 1.29 is 9.59 Å². The van der Waals surface area contributed by atoms with Crippen molar-refractivity contribution in [2.75, 3.05) is 26.2 Å². The van der Waals surface area contributed by atoms with Gasteiger partial charge in [0.25, 0.3) is 5.91 Å². The fourth-order valence-electron chi connectivity index (χ4n) is 3.11. The molecule has 0 spiro atoms. The predicted octanol–water partition coefficient (Wildman–Crippen LogP) is 2.26. The molecule has 2 rings (SSSR count). The predicted molar refractivity (Wildman–Crippen MR) is 104 cm³/mol. The second kappa shape index (κ2) is 9.36. The van der Waals surface area contributed by atoms with E-state index in [0.717, 1.165) is 29.1 Å². The van der Waals surface area contributed by atoms with Gasteiger partial charge in [-0.2, -0.15) is 0 Å². The lowest BCUT2D eigenvalue weighted by atomic mass is 10.00. The van der Waals surface area contributed by atoms with Gasteiger partial charge in [-0.1, -0.05) is 19.1 Å². The number of carbonyl (C=O) groups excluding carboxylic acids is 2. The molecule has 1 aliphatic rings. The summed E-state index contributed by atoms with van der Waals surface area (Å²) in [7, 11) is 0. The molecule has 2 amide bonds. The Labute approximate surface area is 157 Å². The molecule has 1 aromatic rings. The van der Waals surface area contributed by atoms with Gasteiger partial charge in [-0.15, -0.1) is 0 Å². The first-order valence-electron chi connectivity index (χ1n) is 8.50. The standard InChI is InChI=1S/C18H26IN3O2/c1-13-6-5-9-22(11-13)12-14(2)21-17(23)10-20-18(24)15-7-3-4-8-16(15)19/h3-4,7-8,13-14H,5-6,9-12H2,1-2H3,(H,20,24)(H,21,23). The number of piperidine rings is 1. The molecule has 1 aromatic carbocycles. The Balaban J connectivity index is 1.72. The van der Waals surface area contributed by atoms with Gasteiger partial charge in [-0.25, -0.2) is 0 Å². The van der Waals surface area contributed by atoms with Gasteiger partial charge in [0.05, 0.1) is 12.1 Å². The van der Waals surface area contributed by atoms with Crippen molar-refractivity contribution in [3.05, 3.63) is 33.4 Å². The molecule has 1 fully saturated rings. The summed E-state index contributed by atoms with van der Waals surface area (Å²) in [6, 6.07) is 7.41. The van der Waals surface area contributed by atoms with Crippen molar-refractivity contribution in [1.82, 2.24) is 15.5 Å². The van der Waals surface area contributed by atoms with E-state index in [1.54, 1.807) is 6.07 Å². The highest BCUT2D eigenvalue weighted by molar-refractivity contribution is 14.1. The second-order valence-electron chi connectivity index (χ2n) is 6.64. The van der Waals surface area contributed by atoms with E-state index in [4.69, 9.17) is 0 Å². The van der Waals surface area contributed by atoms with Crippen LogP contribution in [0.4, 0.5) is 0 Å². The van der Waals surface area contributed by atoms with E-state index in [1.807, 2.05) is 25.1 Å². The second-order valence-corrected chi connectivity index (χ2v) is 7.80. The highest BCUT2D eigenvalue weighted by Crippen LogP contribution is 2.15. The Kier molecular flexibility index (Phi) is 7.48. The molecular weight excluding hydrogens is 417 g/mol. The van der Waals surface area contributed by atoms with Crippen molar-refractivity contribution in [3.8, 4) is 0 Å². The normalized spacial score (nSPS) is 19.5. The monoisotopic (exact) mass is 443 g/mol. The lowest BCUT2D eigenvalue weighted by Gasteiger charge is -2.32. The molecular formula is C18H26IN3O2. The zero-order chi connectivity index (χ0) is 17.5. The van der Waals surface area contributed by atoms with E-state index in [0.29, 0.717) is 5.56 Å². The van der Waals surface area contributed by atoms with Crippen LogP contribution in [0.5, 0.6) is 0 Å².